The summed E-state index contributed by atoms with van der Waals surface area (Å²) in [4.78, 5) is 13.5. The average Bonchev–Trinajstić information content (AvgIpc) is 2.21. The van der Waals surface area contributed by atoms with Gasteiger partial charge in [-0.3, -0.25) is 9.69 Å². The van der Waals surface area contributed by atoms with Crippen LogP contribution in [-0.4, -0.2) is 48.3 Å². The van der Waals surface area contributed by atoms with Crippen LogP contribution < -0.4 is 0 Å². The van der Waals surface area contributed by atoms with Gasteiger partial charge in [0.15, 0.2) is 0 Å². The lowest BCUT2D eigenvalue weighted by Gasteiger charge is -2.42. The van der Waals surface area contributed by atoms with E-state index in [1.54, 1.807) is 7.11 Å². The molecule has 4 nitrogen and oxygen atoms in total. The van der Waals surface area contributed by atoms with Crippen molar-refractivity contribution in [2.45, 2.75) is 38.6 Å². The summed E-state index contributed by atoms with van der Waals surface area (Å²) in [5.41, 5.74) is -0.680. The maximum absolute atomic E-state index is 11.4. The van der Waals surface area contributed by atoms with Crippen molar-refractivity contribution in [2.24, 2.45) is 5.92 Å². The molecule has 4 heteroatoms. The van der Waals surface area contributed by atoms with Crippen molar-refractivity contribution in [3.8, 4) is 0 Å². The number of hydrogen-bond acceptors (Lipinski definition) is 3. The first-order valence-corrected chi connectivity index (χ1v) is 5.98. The van der Waals surface area contributed by atoms with Crippen LogP contribution in [0.15, 0.2) is 0 Å². The molecule has 1 rings (SSSR count). The van der Waals surface area contributed by atoms with Crippen molar-refractivity contribution in [3.63, 3.8) is 0 Å². The van der Waals surface area contributed by atoms with E-state index in [2.05, 4.69) is 11.8 Å². The van der Waals surface area contributed by atoms with Gasteiger partial charge in [0.1, 0.15) is 5.54 Å². The lowest BCUT2D eigenvalue weighted by Crippen LogP contribution is -2.56. The molecule has 1 N–H and O–H groups in total. The minimum atomic E-state index is -0.697. The largest absolute Gasteiger partial charge is 0.480 e. The maximum atomic E-state index is 11.4. The Kier molecular flexibility index (Phi) is 4.74. The topological polar surface area (TPSA) is 49.8 Å². The van der Waals surface area contributed by atoms with Crippen molar-refractivity contribution in [1.29, 1.82) is 0 Å². The zero-order valence-corrected chi connectivity index (χ0v) is 10.5. The Hall–Kier alpha value is -0.610. The molecular weight excluding hydrogens is 206 g/mol. The van der Waals surface area contributed by atoms with E-state index in [0.29, 0.717) is 12.5 Å². The first-order valence-electron chi connectivity index (χ1n) is 5.98. The number of ether oxygens (including phenoxy) is 1. The predicted molar refractivity (Wildman–Crippen MR) is 62.5 cm³/mol. The van der Waals surface area contributed by atoms with Gasteiger partial charge in [-0.05, 0) is 38.6 Å². The van der Waals surface area contributed by atoms with Crippen LogP contribution >= 0.6 is 0 Å². The van der Waals surface area contributed by atoms with Crippen molar-refractivity contribution >= 4 is 5.97 Å². The molecule has 1 fully saturated rings. The quantitative estimate of drug-likeness (QED) is 0.778. The molecule has 0 spiro atoms. The Morgan fingerprint density at radius 1 is 1.56 bits per heavy atom. The number of methoxy groups -OCH3 is 1. The number of likely N-dealkylation sites (tertiary alicyclic amines) is 1. The molecule has 0 aromatic heterocycles. The van der Waals surface area contributed by atoms with Gasteiger partial charge in [-0.1, -0.05) is 6.92 Å². The summed E-state index contributed by atoms with van der Waals surface area (Å²) >= 11 is 0. The molecule has 94 valence electrons. The number of rotatable bonds is 5. The first-order chi connectivity index (χ1) is 7.50. The van der Waals surface area contributed by atoms with Gasteiger partial charge in [-0.2, -0.15) is 0 Å². The van der Waals surface area contributed by atoms with Crippen molar-refractivity contribution < 1.29 is 14.6 Å². The van der Waals surface area contributed by atoms with Crippen molar-refractivity contribution in [2.75, 3.05) is 26.8 Å². The Morgan fingerprint density at radius 3 is 2.81 bits per heavy atom. The highest BCUT2D eigenvalue weighted by molar-refractivity contribution is 5.78. The SMILES string of the molecule is COCC(C)CN1CCCCC1(C)C(=O)O. The summed E-state index contributed by atoms with van der Waals surface area (Å²) < 4.78 is 5.10. The summed E-state index contributed by atoms with van der Waals surface area (Å²) in [5.74, 6) is -0.321. The number of hydrogen-bond donors (Lipinski definition) is 1. The van der Waals surface area contributed by atoms with E-state index in [1.807, 2.05) is 6.92 Å². The number of carboxylic acids is 1. The molecule has 1 saturated heterocycles. The van der Waals surface area contributed by atoms with E-state index in [4.69, 9.17) is 4.74 Å². The van der Waals surface area contributed by atoms with Crippen LogP contribution in [0.2, 0.25) is 0 Å². The summed E-state index contributed by atoms with van der Waals surface area (Å²) in [7, 11) is 1.68. The minimum absolute atomic E-state index is 0.377. The summed E-state index contributed by atoms with van der Waals surface area (Å²) in [6.45, 7) is 6.31. The number of aliphatic carboxylic acids is 1. The Morgan fingerprint density at radius 2 is 2.25 bits per heavy atom. The normalized spacial score (nSPS) is 28.9. The molecule has 0 saturated carbocycles. The van der Waals surface area contributed by atoms with Crippen LogP contribution in [0.3, 0.4) is 0 Å². The fraction of sp³-hybridized carbons (Fsp3) is 0.917. The van der Waals surface area contributed by atoms with Gasteiger partial charge in [0.2, 0.25) is 0 Å². The minimum Gasteiger partial charge on any atom is -0.480 e. The van der Waals surface area contributed by atoms with E-state index in [0.717, 1.165) is 32.4 Å². The van der Waals surface area contributed by atoms with Gasteiger partial charge in [0.25, 0.3) is 0 Å². The van der Waals surface area contributed by atoms with Crippen LogP contribution in [0, 0.1) is 5.92 Å². The summed E-state index contributed by atoms with van der Waals surface area (Å²) in [6, 6.07) is 0. The van der Waals surface area contributed by atoms with Gasteiger partial charge in [-0.25, -0.2) is 0 Å². The monoisotopic (exact) mass is 229 g/mol. The molecule has 0 amide bonds. The van der Waals surface area contributed by atoms with Gasteiger partial charge >= 0.3 is 5.97 Å². The second-order valence-corrected chi connectivity index (χ2v) is 5.04. The lowest BCUT2D eigenvalue weighted by molar-refractivity contribution is -0.153. The van der Waals surface area contributed by atoms with Crippen LogP contribution in [0.5, 0.6) is 0 Å². The molecule has 1 aliphatic rings. The summed E-state index contributed by atoms with van der Waals surface area (Å²) in [5, 5.41) is 9.34. The van der Waals surface area contributed by atoms with Crippen molar-refractivity contribution in [1.82, 2.24) is 4.90 Å². The number of carbonyl (C=O) groups is 1. The van der Waals surface area contributed by atoms with Crippen LogP contribution in [0.4, 0.5) is 0 Å². The highest BCUT2D eigenvalue weighted by Crippen LogP contribution is 2.28. The molecule has 0 bridgehead atoms. The molecule has 1 heterocycles. The molecule has 0 radical (unpaired) electrons. The number of piperidine rings is 1. The third-order valence-electron chi connectivity index (χ3n) is 3.48. The smallest absolute Gasteiger partial charge is 0.323 e. The standard InChI is InChI=1S/C12H23NO3/c1-10(9-16-3)8-13-7-5-4-6-12(13,2)11(14)15/h10H,4-9H2,1-3H3,(H,14,15). The zero-order valence-electron chi connectivity index (χ0n) is 10.5. The lowest BCUT2D eigenvalue weighted by atomic mass is 9.87. The van der Waals surface area contributed by atoms with E-state index in [9.17, 15) is 9.90 Å². The Labute approximate surface area is 97.6 Å². The fourth-order valence-corrected chi connectivity index (χ4v) is 2.43. The second kappa shape index (κ2) is 5.64. The van der Waals surface area contributed by atoms with E-state index < -0.39 is 11.5 Å². The van der Waals surface area contributed by atoms with E-state index >= 15 is 0 Å². The highest BCUT2D eigenvalue weighted by atomic mass is 16.5. The van der Waals surface area contributed by atoms with Gasteiger partial charge in [0, 0.05) is 20.3 Å². The van der Waals surface area contributed by atoms with Gasteiger partial charge < -0.3 is 9.84 Å². The number of carboxylic acid groups (broad SMARTS) is 1. The third kappa shape index (κ3) is 2.95. The van der Waals surface area contributed by atoms with Crippen LogP contribution in [-0.2, 0) is 9.53 Å². The zero-order chi connectivity index (χ0) is 12.2. The Balaban J connectivity index is 2.64. The van der Waals surface area contributed by atoms with Gasteiger partial charge in [-0.15, -0.1) is 0 Å². The molecular formula is C12H23NO3. The highest BCUT2D eigenvalue weighted by Gasteiger charge is 2.41. The van der Waals surface area contributed by atoms with Crippen LogP contribution in [0.1, 0.15) is 33.1 Å². The molecule has 1 aliphatic heterocycles. The fourth-order valence-electron chi connectivity index (χ4n) is 2.43. The van der Waals surface area contributed by atoms with Crippen LogP contribution in [0.25, 0.3) is 0 Å². The second-order valence-electron chi connectivity index (χ2n) is 5.04. The average molecular weight is 229 g/mol. The molecule has 0 aliphatic carbocycles. The molecule has 0 aromatic carbocycles. The third-order valence-corrected chi connectivity index (χ3v) is 3.48. The predicted octanol–water partition coefficient (Wildman–Crippen LogP) is 1.60. The van der Waals surface area contributed by atoms with Gasteiger partial charge in [0.05, 0.1) is 0 Å². The molecule has 2 unspecified atom stereocenters. The molecule has 16 heavy (non-hydrogen) atoms. The Bertz CT molecular complexity index is 244. The summed E-state index contributed by atoms with van der Waals surface area (Å²) in [6.07, 6.45) is 2.86. The first kappa shape index (κ1) is 13.5. The molecule has 2 atom stereocenters. The maximum Gasteiger partial charge on any atom is 0.323 e. The number of nitrogens with zero attached hydrogens (tertiary/aromatic N) is 1. The van der Waals surface area contributed by atoms with E-state index in [-0.39, 0.29) is 0 Å². The van der Waals surface area contributed by atoms with E-state index in [1.165, 1.54) is 0 Å². The van der Waals surface area contributed by atoms with Crippen molar-refractivity contribution in [3.05, 3.63) is 0 Å². The molecule has 0 aromatic rings.